The highest BCUT2D eigenvalue weighted by atomic mass is 32.2. The molecule has 3 aromatic rings. The number of fused-ring (bicyclic) bond motifs is 1. The Bertz CT molecular complexity index is 914. The number of benzene rings is 1. The van der Waals surface area contributed by atoms with Gasteiger partial charge in [-0.25, -0.2) is 9.97 Å². The third kappa shape index (κ3) is 3.62. The van der Waals surface area contributed by atoms with Crippen LogP contribution in [0.15, 0.2) is 35.6 Å². The summed E-state index contributed by atoms with van der Waals surface area (Å²) in [5, 5.41) is 8.66. The summed E-state index contributed by atoms with van der Waals surface area (Å²) in [6.07, 6.45) is 2.07. The second-order valence-electron chi connectivity index (χ2n) is 5.32. The smallest absolute Gasteiger partial charge is 0.319 e. The van der Waals surface area contributed by atoms with Crippen LogP contribution in [0.2, 0.25) is 0 Å². The van der Waals surface area contributed by atoms with E-state index in [1.807, 2.05) is 31.2 Å². The van der Waals surface area contributed by atoms with Gasteiger partial charge in [0.1, 0.15) is 22.4 Å². The summed E-state index contributed by atoms with van der Waals surface area (Å²) in [6.45, 7) is 4.07. The number of esters is 1. The zero-order chi connectivity index (χ0) is 18.5. The van der Waals surface area contributed by atoms with Gasteiger partial charge in [0.25, 0.3) is 0 Å². The van der Waals surface area contributed by atoms with Crippen LogP contribution in [-0.2, 0) is 9.53 Å². The van der Waals surface area contributed by atoms with Gasteiger partial charge in [-0.15, -0.1) is 5.10 Å². The van der Waals surface area contributed by atoms with Crippen LogP contribution in [0.5, 0.6) is 5.75 Å². The molecule has 3 rings (SSSR count). The molecule has 0 amide bonds. The van der Waals surface area contributed by atoms with Crippen LogP contribution in [0, 0.1) is 0 Å². The average Bonchev–Trinajstić information content (AvgIpc) is 3.11. The minimum absolute atomic E-state index is 0.257. The van der Waals surface area contributed by atoms with Crippen LogP contribution >= 0.6 is 11.8 Å². The Morgan fingerprint density at radius 2 is 2.15 bits per heavy atom. The predicted molar refractivity (Wildman–Crippen MR) is 97.6 cm³/mol. The molecule has 0 N–H and O–H groups in total. The molecule has 0 unspecified atom stereocenters. The number of thioether (sulfide) groups is 1. The van der Waals surface area contributed by atoms with Gasteiger partial charge in [-0.2, -0.15) is 4.68 Å². The van der Waals surface area contributed by atoms with Crippen LogP contribution in [0.1, 0.15) is 20.3 Å². The molecule has 0 aliphatic rings. The third-order valence-electron chi connectivity index (χ3n) is 3.68. The van der Waals surface area contributed by atoms with Crippen molar-refractivity contribution in [1.82, 2.24) is 25.0 Å². The van der Waals surface area contributed by atoms with Crippen LogP contribution in [0.3, 0.4) is 0 Å². The van der Waals surface area contributed by atoms with Gasteiger partial charge in [-0.1, -0.05) is 30.0 Å². The lowest BCUT2D eigenvalue weighted by Gasteiger charge is -2.12. The van der Waals surface area contributed by atoms with Crippen molar-refractivity contribution in [1.29, 1.82) is 0 Å². The molecule has 9 heteroatoms. The van der Waals surface area contributed by atoms with Crippen molar-refractivity contribution in [2.75, 3.05) is 13.7 Å². The first-order chi connectivity index (χ1) is 12.7. The standard InChI is InChI=1S/C17H19N5O3S/c1-4-13(17(23)25-5-2)26-16-14-15(18-10-19-16)22(21-20-14)11-7-6-8-12(9-11)24-3/h6-10,13H,4-5H2,1-3H3/t13-/m1/s1. The molecule has 2 aromatic heterocycles. The van der Waals surface area contributed by atoms with Gasteiger partial charge in [-0.3, -0.25) is 4.79 Å². The van der Waals surface area contributed by atoms with Gasteiger partial charge < -0.3 is 9.47 Å². The summed E-state index contributed by atoms with van der Waals surface area (Å²) < 4.78 is 12.0. The molecule has 0 fully saturated rings. The van der Waals surface area contributed by atoms with Crippen molar-refractivity contribution < 1.29 is 14.3 Å². The molecular weight excluding hydrogens is 354 g/mol. The van der Waals surface area contributed by atoms with Gasteiger partial charge in [0.15, 0.2) is 11.2 Å². The Morgan fingerprint density at radius 1 is 1.31 bits per heavy atom. The number of hydrogen-bond acceptors (Lipinski definition) is 8. The number of carbonyl (C=O) groups is 1. The zero-order valence-corrected chi connectivity index (χ0v) is 15.6. The molecule has 2 heterocycles. The largest absolute Gasteiger partial charge is 0.497 e. The monoisotopic (exact) mass is 373 g/mol. The predicted octanol–water partition coefficient (Wildman–Crippen LogP) is 2.65. The van der Waals surface area contributed by atoms with Crippen molar-refractivity contribution >= 4 is 28.9 Å². The first kappa shape index (κ1) is 18.1. The van der Waals surface area contributed by atoms with E-state index in [2.05, 4.69) is 20.3 Å². The lowest BCUT2D eigenvalue weighted by molar-refractivity contribution is -0.142. The molecule has 0 saturated carbocycles. The first-order valence-electron chi connectivity index (χ1n) is 8.22. The number of nitrogens with zero attached hydrogens (tertiary/aromatic N) is 5. The fourth-order valence-corrected chi connectivity index (χ4v) is 3.35. The third-order valence-corrected chi connectivity index (χ3v) is 5.01. The highest BCUT2D eigenvalue weighted by Crippen LogP contribution is 2.29. The zero-order valence-electron chi connectivity index (χ0n) is 14.7. The van der Waals surface area contributed by atoms with Crippen molar-refractivity contribution in [3.63, 3.8) is 0 Å². The van der Waals surface area contributed by atoms with Crippen molar-refractivity contribution in [2.45, 2.75) is 30.5 Å². The maximum Gasteiger partial charge on any atom is 0.319 e. The first-order valence-corrected chi connectivity index (χ1v) is 9.10. The summed E-state index contributed by atoms with van der Waals surface area (Å²) in [5.74, 6) is 0.454. The molecule has 1 atom stereocenters. The molecular formula is C17H19N5O3S. The van der Waals surface area contributed by atoms with E-state index in [9.17, 15) is 4.79 Å². The number of rotatable bonds is 7. The molecule has 0 saturated heterocycles. The second-order valence-corrected chi connectivity index (χ2v) is 6.51. The van der Waals surface area contributed by atoms with Gasteiger partial charge in [0, 0.05) is 6.07 Å². The Kier molecular flexibility index (Phi) is 5.67. The highest BCUT2D eigenvalue weighted by Gasteiger charge is 2.23. The van der Waals surface area contributed by atoms with E-state index in [4.69, 9.17) is 9.47 Å². The molecule has 0 aliphatic carbocycles. The van der Waals surface area contributed by atoms with Crippen molar-refractivity contribution in [2.24, 2.45) is 0 Å². The van der Waals surface area contributed by atoms with Crippen molar-refractivity contribution in [3.8, 4) is 11.4 Å². The fraction of sp³-hybridized carbons (Fsp3) is 0.353. The molecule has 26 heavy (non-hydrogen) atoms. The lowest BCUT2D eigenvalue weighted by atomic mass is 10.3. The Morgan fingerprint density at radius 3 is 2.88 bits per heavy atom. The number of methoxy groups -OCH3 is 1. The van der Waals surface area contributed by atoms with Gasteiger partial charge in [0.05, 0.1) is 19.4 Å². The number of aromatic nitrogens is 5. The SMILES string of the molecule is CCOC(=O)[C@@H](CC)Sc1ncnc2c1nnn2-c1cccc(OC)c1. The molecule has 0 bridgehead atoms. The number of hydrogen-bond donors (Lipinski definition) is 0. The maximum atomic E-state index is 12.1. The van der Waals surface area contributed by atoms with E-state index in [1.54, 1.807) is 18.7 Å². The lowest BCUT2D eigenvalue weighted by Crippen LogP contribution is -2.19. The van der Waals surface area contributed by atoms with Crippen LogP contribution < -0.4 is 4.74 Å². The Labute approximate surface area is 154 Å². The summed E-state index contributed by atoms with van der Waals surface area (Å²) in [6, 6.07) is 7.45. The fourth-order valence-electron chi connectivity index (χ4n) is 2.40. The molecule has 0 spiro atoms. The van der Waals surface area contributed by atoms with E-state index < -0.39 is 0 Å². The average molecular weight is 373 g/mol. The van der Waals surface area contributed by atoms with E-state index in [1.165, 1.54) is 18.1 Å². The summed E-state index contributed by atoms with van der Waals surface area (Å²) in [4.78, 5) is 20.7. The van der Waals surface area contributed by atoms with Crippen LogP contribution in [-0.4, -0.2) is 49.9 Å². The Balaban J connectivity index is 1.97. The van der Waals surface area contributed by atoms with Gasteiger partial charge in [0.2, 0.25) is 0 Å². The Hall–Kier alpha value is -2.68. The topological polar surface area (TPSA) is 92.0 Å². The van der Waals surface area contributed by atoms with E-state index in [-0.39, 0.29) is 11.2 Å². The minimum Gasteiger partial charge on any atom is -0.497 e. The summed E-state index contributed by atoms with van der Waals surface area (Å²) in [5.41, 5.74) is 1.89. The quantitative estimate of drug-likeness (QED) is 0.355. The molecule has 0 radical (unpaired) electrons. The highest BCUT2D eigenvalue weighted by molar-refractivity contribution is 8.00. The van der Waals surface area contributed by atoms with E-state index in [0.717, 1.165) is 5.69 Å². The maximum absolute atomic E-state index is 12.1. The molecule has 1 aromatic carbocycles. The molecule has 0 aliphatic heterocycles. The normalized spacial score (nSPS) is 12.1. The molecule has 8 nitrogen and oxygen atoms in total. The minimum atomic E-state index is -0.352. The van der Waals surface area contributed by atoms with Crippen molar-refractivity contribution in [3.05, 3.63) is 30.6 Å². The summed E-state index contributed by atoms with van der Waals surface area (Å²) in [7, 11) is 1.61. The van der Waals surface area contributed by atoms with Crippen LogP contribution in [0.25, 0.3) is 16.9 Å². The van der Waals surface area contributed by atoms with Gasteiger partial charge in [-0.05, 0) is 25.5 Å². The molecule has 136 valence electrons. The van der Waals surface area contributed by atoms with E-state index in [0.29, 0.717) is 35.0 Å². The van der Waals surface area contributed by atoms with Gasteiger partial charge >= 0.3 is 5.97 Å². The number of ether oxygens (including phenoxy) is 2. The second kappa shape index (κ2) is 8.13. The van der Waals surface area contributed by atoms with Crippen LogP contribution in [0.4, 0.5) is 0 Å². The van der Waals surface area contributed by atoms with E-state index >= 15 is 0 Å². The number of carbonyl (C=O) groups excluding carboxylic acids is 1. The summed E-state index contributed by atoms with van der Waals surface area (Å²) >= 11 is 1.32.